The van der Waals surface area contributed by atoms with Crippen molar-refractivity contribution in [3.8, 4) is 0 Å². The van der Waals surface area contributed by atoms with Gasteiger partial charge in [0.15, 0.2) is 0 Å². The van der Waals surface area contributed by atoms with E-state index in [9.17, 15) is 0 Å². The highest BCUT2D eigenvalue weighted by molar-refractivity contribution is 5.27. The number of hydrogen-bond donors (Lipinski definition) is 1. The molecule has 0 amide bonds. The Kier molecular flexibility index (Phi) is 5.14. The number of ether oxygens (including phenoxy) is 1. The van der Waals surface area contributed by atoms with Crippen molar-refractivity contribution in [2.75, 3.05) is 20.3 Å². The molecular weight excluding hydrogens is 268 g/mol. The average Bonchev–Trinajstić information content (AvgIpc) is 2.90. The average molecular weight is 292 g/mol. The molecule has 0 saturated carbocycles. The van der Waals surface area contributed by atoms with Gasteiger partial charge in [-0.1, -0.05) is 5.16 Å². The summed E-state index contributed by atoms with van der Waals surface area (Å²) in [5, 5.41) is 12.0. The van der Waals surface area contributed by atoms with Crippen LogP contribution in [0.25, 0.3) is 0 Å². The standard InChI is InChI=1S/C15H24N4O2/c1-10-14(8-16-6-7-20-5)12(3)19(17-10)9-15-11(2)18-21-13(15)4/h16H,6-9H2,1-5H3. The van der Waals surface area contributed by atoms with Gasteiger partial charge in [-0.25, -0.2) is 0 Å². The maximum atomic E-state index is 5.22. The molecule has 0 aliphatic carbocycles. The van der Waals surface area contributed by atoms with E-state index in [1.54, 1.807) is 7.11 Å². The number of nitrogens with one attached hydrogen (secondary N) is 1. The zero-order chi connectivity index (χ0) is 15.4. The molecule has 0 fully saturated rings. The van der Waals surface area contributed by atoms with E-state index in [-0.39, 0.29) is 0 Å². The smallest absolute Gasteiger partial charge is 0.138 e. The summed E-state index contributed by atoms with van der Waals surface area (Å²) in [6.45, 7) is 11.1. The fourth-order valence-corrected chi connectivity index (χ4v) is 2.41. The Morgan fingerprint density at radius 1 is 1.14 bits per heavy atom. The summed E-state index contributed by atoms with van der Waals surface area (Å²) < 4.78 is 12.3. The van der Waals surface area contributed by atoms with E-state index in [4.69, 9.17) is 9.26 Å². The fourth-order valence-electron chi connectivity index (χ4n) is 2.41. The number of hydrogen-bond acceptors (Lipinski definition) is 5. The Bertz CT molecular complexity index is 582. The summed E-state index contributed by atoms with van der Waals surface area (Å²) in [5.74, 6) is 0.861. The van der Waals surface area contributed by atoms with Crippen molar-refractivity contribution >= 4 is 0 Å². The Balaban J connectivity index is 2.11. The van der Waals surface area contributed by atoms with Crippen LogP contribution in [0.4, 0.5) is 0 Å². The molecule has 0 atom stereocenters. The third-order valence-corrected chi connectivity index (χ3v) is 3.81. The predicted molar refractivity (Wildman–Crippen MR) is 80.4 cm³/mol. The molecule has 2 aromatic heterocycles. The monoisotopic (exact) mass is 292 g/mol. The lowest BCUT2D eigenvalue weighted by Crippen LogP contribution is -2.19. The summed E-state index contributed by atoms with van der Waals surface area (Å²) in [7, 11) is 1.71. The lowest BCUT2D eigenvalue weighted by Gasteiger charge is -2.06. The molecule has 0 radical (unpaired) electrons. The molecule has 0 bridgehead atoms. The van der Waals surface area contributed by atoms with Crippen LogP contribution < -0.4 is 5.32 Å². The number of aryl methyl sites for hydroxylation is 3. The van der Waals surface area contributed by atoms with E-state index < -0.39 is 0 Å². The van der Waals surface area contributed by atoms with Gasteiger partial charge in [-0.05, 0) is 27.7 Å². The van der Waals surface area contributed by atoms with Crippen molar-refractivity contribution in [2.24, 2.45) is 0 Å². The van der Waals surface area contributed by atoms with Crippen LogP contribution in [0.1, 0.15) is 34.0 Å². The molecule has 2 heterocycles. The van der Waals surface area contributed by atoms with Crippen molar-refractivity contribution < 1.29 is 9.26 Å². The summed E-state index contributed by atoms with van der Waals surface area (Å²) >= 11 is 0. The van der Waals surface area contributed by atoms with Gasteiger partial charge in [0.05, 0.1) is 24.5 Å². The maximum absolute atomic E-state index is 5.22. The second-order valence-corrected chi connectivity index (χ2v) is 5.28. The highest BCUT2D eigenvalue weighted by Gasteiger charge is 2.15. The van der Waals surface area contributed by atoms with Crippen LogP contribution in [0.2, 0.25) is 0 Å². The first-order chi connectivity index (χ1) is 10.0. The first-order valence-electron chi connectivity index (χ1n) is 7.18. The van der Waals surface area contributed by atoms with Gasteiger partial charge in [0, 0.05) is 37.0 Å². The van der Waals surface area contributed by atoms with E-state index in [1.165, 1.54) is 11.3 Å². The lowest BCUT2D eigenvalue weighted by atomic mass is 10.2. The molecule has 0 aromatic carbocycles. The molecule has 0 saturated heterocycles. The molecule has 0 spiro atoms. The second kappa shape index (κ2) is 6.87. The molecule has 0 aliphatic rings. The molecule has 21 heavy (non-hydrogen) atoms. The van der Waals surface area contributed by atoms with Gasteiger partial charge in [-0.3, -0.25) is 4.68 Å². The zero-order valence-electron chi connectivity index (χ0n) is 13.5. The molecule has 6 nitrogen and oxygen atoms in total. The molecular formula is C15H24N4O2. The van der Waals surface area contributed by atoms with Gasteiger partial charge in [0.1, 0.15) is 5.76 Å². The highest BCUT2D eigenvalue weighted by Crippen LogP contribution is 2.18. The van der Waals surface area contributed by atoms with Crippen LogP contribution in [0, 0.1) is 27.7 Å². The van der Waals surface area contributed by atoms with Crippen molar-refractivity contribution in [1.82, 2.24) is 20.3 Å². The van der Waals surface area contributed by atoms with Crippen molar-refractivity contribution in [3.63, 3.8) is 0 Å². The Morgan fingerprint density at radius 3 is 2.52 bits per heavy atom. The van der Waals surface area contributed by atoms with Crippen LogP contribution >= 0.6 is 0 Å². The quantitative estimate of drug-likeness (QED) is 0.789. The summed E-state index contributed by atoms with van der Waals surface area (Å²) in [6.07, 6.45) is 0. The highest BCUT2D eigenvalue weighted by atomic mass is 16.5. The van der Waals surface area contributed by atoms with Gasteiger partial charge in [-0.2, -0.15) is 5.10 Å². The van der Waals surface area contributed by atoms with Crippen LogP contribution in [-0.4, -0.2) is 35.2 Å². The summed E-state index contributed by atoms with van der Waals surface area (Å²) in [5.41, 5.74) is 5.53. The van der Waals surface area contributed by atoms with E-state index in [1.807, 2.05) is 25.5 Å². The minimum atomic E-state index is 0.700. The largest absolute Gasteiger partial charge is 0.383 e. The van der Waals surface area contributed by atoms with E-state index >= 15 is 0 Å². The molecule has 0 aliphatic heterocycles. The molecule has 116 valence electrons. The first kappa shape index (κ1) is 15.7. The summed E-state index contributed by atoms with van der Waals surface area (Å²) in [6, 6.07) is 0. The Morgan fingerprint density at radius 2 is 1.90 bits per heavy atom. The first-order valence-corrected chi connectivity index (χ1v) is 7.18. The molecule has 2 aromatic rings. The van der Waals surface area contributed by atoms with Crippen LogP contribution in [-0.2, 0) is 17.8 Å². The maximum Gasteiger partial charge on any atom is 0.138 e. The van der Waals surface area contributed by atoms with Gasteiger partial charge in [0.2, 0.25) is 0 Å². The molecule has 6 heteroatoms. The third-order valence-electron chi connectivity index (χ3n) is 3.81. The molecule has 1 N–H and O–H groups in total. The van der Waals surface area contributed by atoms with Crippen molar-refractivity contribution in [1.29, 1.82) is 0 Å². The third kappa shape index (κ3) is 3.51. The Hall–Kier alpha value is -1.66. The summed E-state index contributed by atoms with van der Waals surface area (Å²) in [4.78, 5) is 0. The van der Waals surface area contributed by atoms with E-state index in [0.717, 1.165) is 35.8 Å². The second-order valence-electron chi connectivity index (χ2n) is 5.28. The zero-order valence-corrected chi connectivity index (χ0v) is 13.5. The van der Waals surface area contributed by atoms with E-state index in [2.05, 4.69) is 22.5 Å². The van der Waals surface area contributed by atoms with Gasteiger partial charge < -0.3 is 14.6 Å². The van der Waals surface area contributed by atoms with Gasteiger partial charge >= 0.3 is 0 Å². The topological polar surface area (TPSA) is 65.1 Å². The minimum absolute atomic E-state index is 0.700. The minimum Gasteiger partial charge on any atom is -0.383 e. The molecule has 2 rings (SSSR count). The fraction of sp³-hybridized carbons (Fsp3) is 0.600. The SMILES string of the molecule is COCCNCc1c(C)nn(Cc2c(C)noc2C)c1C. The Labute approximate surface area is 125 Å². The molecule has 0 unspecified atom stereocenters. The van der Waals surface area contributed by atoms with Gasteiger partial charge in [-0.15, -0.1) is 0 Å². The van der Waals surface area contributed by atoms with Gasteiger partial charge in [0.25, 0.3) is 0 Å². The van der Waals surface area contributed by atoms with Crippen molar-refractivity contribution in [3.05, 3.63) is 34.0 Å². The predicted octanol–water partition coefficient (Wildman–Crippen LogP) is 1.89. The number of nitrogens with zero attached hydrogens (tertiary/aromatic N) is 3. The van der Waals surface area contributed by atoms with Crippen LogP contribution in [0.5, 0.6) is 0 Å². The lowest BCUT2D eigenvalue weighted by molar-refractivity contribution is 0.199. The van der Waals surface area contributed by atoms with Crippen LogP contribution in [0.3, 0.4) is 0 Å². The normalized spacial score (nSPS) is 11.3. The number of aromatic nitrogens is 3. The number of methoxy groups -OCH3 is 1. The van der Waals surface area contributed by atoms with E-state index in [0.29, 0.717) is 13.2 Å². The van der Waals surface area contributed by atoms with Crippen LogP contribution in [0.15, 0.2) is 4.52 Å². The van der Waals surface area contributed by atoms with Crippen molar-refractivity contribution in [2.45, 2.75) is 40.8 Å². The number of rotatable bonds is 7.